The van der Waals surface area contributed by atoms with E-state index in [0.29, 0.717) is 5.56 Å². The first kappa shape index (κ1) is 20.5. The van der Waals surface area contributed by atoms with Gasteiger partial charge in [-0.25, -0.2) is 4.79 Å². The lowest BCUT2D eigenvalue weighted by Crippen LogP contribution is -2.44. The summed E-state index contributed by atoms with van der Waals surface area (Å²) in [6, 6.07) is 7.05. The van der Waals surface area contributed by atoms with Crippen molar-refractivity contribution < 1.29 is 19.1 Å². The van der Waals surface area contributed by atoms with Crippen LogP contribution < -0.4 is 5.32 Å². The molecule has 0 aliphatic rings. The molecule has 0 fully saturated rings. The highest BCUT2D eigenvalue weighted by atomic mass is 16.6. The first-order valence-electron chi connectivity index (χ1n) is 8.14. The normalized spacial score (nSPS) is 13.3. The second-order valence-electron chi connectivity index (χ2n) is 7.04. The van der Waals surface area contributed by atoms with Crippen molar-refractivity contribution >= 4 is 12.1 Å². The number of methoxy groups -OCH3 is 1. The van der Waals surface area contributed by atoms with Crippen molar-refractivity contribution in [1.82, 2.24) is 5.32 Å². The van der Waals surface area contributed by atoms with Gasteiger partial charge in [0, 0.05) is 6.04 Å². The van der Waals surface area contributed by atoms with E-state index in [2.05, 4.69) is 11.4 Å². The van der Waals surface area contributed by atoms with Crippen molar-refractivity contribution in [2.24, 2.45) is 5.92 Å². The van der Waals surface area contributed by atoms with E-state index in [1.165, 1.54) is 7.11 Å². The van der Waals surface area contributed by atoms with Crippen LogP contribution >= 0.6 is 0 Å². The van der Waals surface area contributed by atoms with E-state index in [9.17, 15) is 14.9 Å². The molecule has 1 N–H and O–H groups in total. The van der Waals surface area contributed by atoms with E-state index in [-0.39, 0.29) is 6.42 Å². The van der Waals surface area contributed by atoms with Crippen LogP contribution in [0.15, 0.2) is 18.2 Å². The SMILES string of the molecule is COC(=O)[C@H](Cc1cc(C)ccc1C#N)[C@@H](C)NC(=O)OC(C)(C)C. The largest absolute Gasteiger partial charge is 0.469 e. The average molecular weight is 346 g/mol. The van der Waals surface area contributed by atoms with Gasteiger partial charge in [-0.1, -0.05) is 17.7 Å². The van der Waals surface area contributed by atoms with E-state index in [1.54, 1.807) is 33.8 Å². The predicted molar refractivity (Wildman–Crippen MR) is 93.9 cm³/mol. The van der Waals surface area contributed by atoms with Gasteiger partial charge in [-0.05, 0) is 52.7 Å². The molecule has 0 saturated carbocycles. The van der Waals surface area contributed by atoms with Crippen LogP contribution in [0.1, 0.15) is 44.4 Å². The molecule has 2 atom stereocenters. The Kier molecular flexibility index (Phi) is 6.98. The molecular weight excluding hydrogens is 320 g/mol. The predicted octanol–water partition coefficient (Wildman–Crippen LogP) is 3.11. The number of ether oxygens (including phenoxy) is 2. The van der Waals surface area contributed by atoms with Gasteiger partial charge in [-0.15, -0.1) is 0 Å². The van der Waals surface area contributed by atoms with Gasteiger partial charge in [0.05, 0.1) is 24.7 Å². The number of carbonyl (C=O) groups excluding carboxylic acids is 2. The van der Waals surface area contributed by atoms with Crippen molar-refractivity contribution in [1.29, 1.82) is 5.26 Å². The standard InChI is InChI=1S/C19H26N2O4/c1-12-7-8-14(11-20)15(9-12)10-16(17(22)24-6)13(2)21-18(23)25-19(3,4)5/h7-9,13,16H,10H2,1-6H3,(H,21,23)/t13-,16-/m1/s1. The summed E-state index contributed by atoms with van der Waals surface area (Å²) in [7, 11) is 1.30. The van der Waals surface area contributed by atoms with Gasteiger partial charge >= 0.3 is 12.1 Å². The topological polar surface area (TPSA) is 88.4 Å². The summed E-state index contributed by atoms with van der Waals surface area (Å²) in [6.07, 6.45) is -0.313. The summed E-state index contributed by atoms with van der Waals surface area (Å²) in [5.74, 6) is -1.08. The minimum Gasteiger partial charge on any atom is -0.469 e. The number of nitrogens with one attached hydrogen (secondary N) is 1. The number of hydrogen-bond donors (Lipinski definition) is 1. The van der Waals surface area contributed by atoms with Gasteiger partial charge in [0.1, 0.15) is 5.60 Å². The molecule has 0 aromatic heterocycles. The van der Waals surface area contributed by atoms with Crippen molar-refractivity contribution in [3.05, 3.63) is 34.9 Å². The molecule has 0 saturated heterocycles. The number of hydrogen-bond acceptors (Lipinski definition) is 5. The van der Waals surface area contributed by atoms with Crippen LogP contribution in [0.2, 0.25) is 0 Å². The van der Waals surface area contributed by atoms with Gasteiger partial charge in [0.25, 0.3) is 0 Å². The zero-order chi connectivity index (χ0) is 19.2. The zero-order valence-corrected chi connectivity index (χ0v) is 15.7. The molecule has 0 unspecified atom stereocenters. The first-order chi connectivity index (χ1) is 11.6. The maximum Gasteiger partial charge on any atom is 0.407 e. The van der Waals surface area contributed by atoms with Crippen LogP contribution in [-0.2, 0) is 20.7 Å². The van der Waals surface area contributed by atoms with Crippen LogP contribution in [0.5, 0.6) is 0 Å². The van der Waals surface area contributed by atoms with Gasteiger partial charge in [-0.3, -0.25) is 4.79 Å². The Morgan fingerprint density at radius 2 is 1.96 bits per heavy atom. The molecule has 0 heterocycles. The number of alkyl carbamates (subject to hydrolysis) is 1. The highest BCUT2D eigenvalue weighted by molar-refractivity contribution is 5.75. The lowest BCUT2D eigenvalue weighted by atomic mass is 9.90. The molecule has 0 spiro atoms. The molecule has 1 aromatic rings. The smallest absolute Gasteiger partial charge is 0.407 e. The quantitative estimate of drug-likeness (QED) is 0.828. The number of esters is 1. The number of nitrogens with zero attached hydrogens (tertiary/aromatic N) is 1. The molecule has 6 nitrogen and oxygen atoms in total. The average Bonchev–Trinajstić information content (AvgIpc) is 2.49. The number of benzene rings is 1. The summed E-state index contributed by atoms with van der Waals surface area (Å²) in [5.41, 5.74) is 1.61. The van der Waals surface area contributed by atoms with Crippen LogP contribution in [-0.4, -0.2) is 30.8 Å². The van der Waals surface area contributed by atoms with E-state index >= 15 is 0 Å². The minimum atomic E-state index is -0.633. The number of aryl methyl sites for hydroxylation is 1. The Balaban J connectivity index is 2.99. The highest BCUT2D eigenvalue weighted by Crippen LogP contribution is 2.20. The van der Waals surface area contributed by atoms with Crippen molar-refractivity contribution in [3.8, 4) is 6.07 Å². The Morgan fingerprint density at radius 3 is 2.48 bits per heavy atom. The van der Waals surface area contributed by atoms with E-state index in [0.717, 1.165) is 11.1 Å². The zero-order valence-electron chi connectivity index (χ0n) is 15.7. The van der Waals surface area contributed by atoms with E-state index in [1.807, 2.05) is 19.1 Å². The van der Waals surface area contributed by atoms with E-state index < -0.39 is 29.6 Å². The number of rotatable bonds is 5. The fourth-order valence-corrected chi connectivity index (χ4v) is 2.45. The van der Waals surface area contributed by atoms with E-state index in [4.69, 9.17) is 9.47 Å². The molecule has 1 aromatic carbocycles. The molecule has 6 heteroatoms. The Hall–Kier alpha value is -2.55. The number of carbonyl (C=O) groups is 2. The summed E-state index contributed by atoms with van der Waals surface area (Å²) in [5, 5.41) is 12.0. The van der Waals surface area contributed by atoms with Crippen LogP contribution in [0.4, 0.5) is 4.79 Å². The second kappa shape index (κ2) is 8.52. The van der Waals surface area contributed by atoms with Gasteiger partial charge in [-0.2, -0.15) is 5.26 Å². The molecule has 0 bridgehead atoms. The van der Waals surface area contributed by atoms with Gasteiger partial charge in [0.15, 0.2) is 0 Å². The lowest BCUT2D eigenvalue weighted by Gasteiger charge is -2.26. The van der Waals surface area contributed by atoms with Crippen LogP contribution in [0.3, 0.4) is 0 Å². The Bertz CT molecular complexity index is 671. The summed E-state index contributed by atoms with van der Waals surface area (Å²) >= 11 is 0. The number of amides is 1. The molecule has 0 aliphatic heterocycles. The summed E-state index contributed by atoms with van der Waals surface area (Å²) in [6.45, 7) is 8.93. The Labute approximate surface area is 149 Å². The number of nitriles is 1. The van der Waals surface area contributed by atoms with Gasteiger partial charge < -0.3 is 14.8 Å². The third-order valence-electron chi connectivity index (χ3n) is 3.67. The third kappa shape index (κ3) is 6.46. The molecule has 1 amide bonds. The molecule has 1 rings (SSSR count). The highest BCUT2D eigenvalue weighted by Gasteiger charge is 2.29. The molecule has 0 aliphatic carbocycles. The minimum absolute atomic E-state index is 0.286. The monoisotopic (exact) mass is 346 g/mol. The Morgan fingerprint density at radius 1 is 1.32 bits per heavy atom. The van der Waals surface area contributed by atoms with Crippen molar-refractivity contribution in [2.45, 2.75) is 52.7 Å². The fraction of sp³-hybridized carbons (Fsp3) is 0.526. The summed E-state index contributed by atoms with van der Waals surface area (Å²) < 4.78 is 10.1. The van der Waals surface area contributed by atoms with Crippen LogP contribution in [0.25, 0.3) is 0 Å². The maximum atomic E-state index is 12.2. The molecule has 25 heavy (non-hydrogen) atoms. The second-order valence-corrected chi connectivity index (χ2v) is 7.04. The maximum absolute atomic E-state index is 12.2. The van der Waals surface area contributed by atoms with Crippen molar-refractivity contribution in [2.75, 3.05) is 7.11 Å². The summed E-state index contributed by atoms with van der Waals surface area (Å²) in [4.78, 5) is 24.2. The molecule has 0 radical (unpaired) electrons. The van der Waals surface area contributed by atoms with Crippen LogP contribution in [0, 0.1) is 24.2 Å². The fourth-order valence-electron chi connectivity index (χ4n) is 2.45. The molecule has 136 valence electrons. The van der Waals surface area contributed by atoms with Crippen molar-refractivity contribution in [3.63, 3.8) is 0 Å². The first-order valence-corrected chi connectivity index (χ1v) is 8.14. The van der Waals surface area contributed by atoms with Gasteiger partial charge in [0.2, 0.25) is 0 Å². The lowest BCUT2D eigenvalue weighted by molar-refractivity contribution is -0.146. The third-order valence-corrected chi connectivity index (χ3v) is 3.67. The molecular formula is C19H26N2O4.